The molecule has 2 atom stereocenters. The van der Waals surface area contributed by atoms with Crippen molar-refractivity contribution in [2.45, 2.75) is 51.0 Å². The van der Waals surface area contributed by atoms with Gasteiger partial charge in [0, 0.05) is 11.3 Å². The standard InChI is InChI=1S/C21H24N4O2/c1-14(26)17-3-2-4-18(6-17)24-19(27)20-7-15-5-16(8-20)10-21(9-15,11-20)25-13-22-12-23-25/h2-4,6,12-13,15-16H,5,7-11H2,1H3,(H,24,27)/t15-,16-,20?,21?/m0/s1. The SMILES string of the molecule is CC(=O)c1cccc(NC(=O)C23C[C@@H]4C[C@@H](C2)CC(n2cncn2)(C4)C3)c1. The second-order valence-corrected chi connectivity index (χ2v) is 8.90. The van der Waals surface area contributed by atoms with Gasteiger partial charge in [0.1, 0.15) is 12.7 Å². The topological polar surface area (TPSA) is 76.9 Å². The number of rotatable bonds is 4. The van der Waals surface area contributed by atoms with E-state index in [4.69, 9.17) is 0 Å². The van der Waals surface area contributed by atoms with Crippen molar-refractivity contribution in [3.05, 3.63) is 42.5 Å². The van der Waals surface area contributed by atoms with Crippen LogP contribution in [0, 0.1) is 17.3 Å². The number of hydrogen-bond acceptors (Lipinski definition) is 4. The largest absolute Gasteiger partial charge is 0.326 e. The fourth-order valence-electron chi connectivity index (χ4n) is 6.28. The van der Waals surface area contributed by atoms with Crippen LogP contribution in [0.2, 0.25) is 0 Å². The molecule has 140 valence electrons. The van der Waals surface area contributed by atoms with E-state index in [2.05, 4.69) is 15.4 Å². The van der Waals surface area contributed by atoms with E-state index in [1.807, 2.05) is 23.1 Å². The Kier molecular flexibility index (Phi) is 3.55. The third kappa shape index (κ3) is 2.61. The van der Waals surface area contributed by atoms with Crippen molar-refractivity contribution in [2.75, 3.05) is 5.32 Å². The normalized spacial score (nSPS) is 33.8. The fourth-order valence-corrected chi connectivity index (χ4v) is 6.28. The molecule has 4 aliphatic rings. The molecule has 4 saturated carbocycles. The van der Waals surface area contributed by atoms with Crippen molar-refractivity contribution >= 4 is 17.4 Å². The molecule has 1 aromatic heterocycles. The first-order valence-electron chi connectivity index (χ1n) is 9.76. The molecule has 0 saturated heterocycles. The van der Waals surface area contributed by atoms with Crippen molar-refractivity contribution in [2.24, 2.45) is 17.3 Å². The van der Waals surface area contributed by atoms with Crippen LogP contribution in [0.15, 0.2) is 36.9 Å². The molecular weight excluding hydrogens is 340 g/mol. The first-order valence-corrected chi connectivity index (χ1v) is 9.76. The number of amides is 1. The highest BCUT2D eigenvalue weighted by atomic mass is 16.2. The van der Waals surface area contributed by atoms with Gasteiger partial charge in [0.05, 0.1) is 11.0 Å². The molecule has 0 spiro atoms. The van der Waals surface area contributed by atoms with E-state index in [1.165, 1.54) is 6.42 Å². The van der Waals surface area contributed by atoms with Gasteiger partial charge in [-0.3, -0.25) is 9.59 Å². The van der Waals surface area contributed by atoms with Crippen LogP contribution in [-0.4, -0.2) is 26.5 Å². The number of nitrogens with one attached hydrogen (secondary N) is 1. The molecule has 6 heteroatoms. The average molecular weight is 364 g/mol. The van der Waals surface area contributed by atoms with Crippen LogP contribution in [0.4, 0.5) is 5.69 Å². The van der Waals surface area contributed by atoms with Crippen LogP contribution >= 0.6 is 0 Å². The van der Waals surface area contributed by atoms with E-state index in [9.17, 15) is 9.59 Å². The predicted molar refractivity (Wildman–Crippen MR) is 100 cm³/mol. The Balaban J connectivity index is 1.45. The smallest absolute Gasteiger partial charge is 0.230 e. The van der Waals surface area contributed by atoms with E-state index in [0.29, 0.717) is 23.1 Å². The molecule has 0 unspecified atom stereocenters. The first kappa shape index (κ1) is 16.7. The third-order valence-corrected chi connectivity index (χ3v) is 6.94. The number of benzene rings is 1. The Hall–Kier alpha value is -2.50. The zero-order valence-corrected chi connectivity index (χ0v) is 15.5. The zero-order valence-electron chi connectivity index (χ0n) is 15.5. The summed E-state index contributed by atoms with van der Waals surface area (Å²) in [6.45, 7) is 1.54. The van der Waals surface area contributed by atoms with E-state index >= 15 is 0 Å². The lowest BCUT2D eigenvalue weighted by atomic mass is 9.46. The van der Waals surface area contributed by atoms with Gasteiger partial charge in [-0.25, -0.2) is 9.67 Å². The number of nitrogens with zero attached hydrogens (tertiary/aromatic N) is 3. The molecule has 2 aromatic rings. The monoisotopic (exact) mass is 364 g/mol. The van der Waals surface area contributed by atoms with Gasteiger partial charge in [0.2, 0.25) is 5.91 Å². The molecule has 1 aromatic carbocycles. The summed E-state index contributed by atoms with van der Waals surface area (Å²) >= 11 is 0. The summed E-state index contributed by atoms with van der Waals surface area (Å²) in [4.78, 5) is 29.2. The average Bonchev–Trinajstić information content (AvgIpc) is 3.16. The molecule has 0 aliphatic heterocycles. The molecule has 27 heavy (non-hydrogen) atoms. The lowest BCUT2D eigenvalue weighted by Gasteiger charge is -2.60. The van der Waals surface area contributed by atoms with E-state index in [0.717, 1.165) is 32.1 Å². The van der Waals surface area contributed by atoms with Gasteiger partial charge in [-0.05, 0) is 69.4 Å². The predicted octanol–water partition coefficient (Wildman–Crippen LogP) is 3.41. The van der Waals surface area contributed by atoms with E-state index in [-0.39, 0.29) is 22.6 Å². The molecule has 4 aliphatic carbocycles. The van der Waals surface area contributed by atoms with Crippen LogP contribution in [0.1, 0.15) is 55.8 Å². The minimum atomic E-state index is -0.345. The lowest BCUT2D eigenvalue weighted by molar-refractivity contribution is -0.150. The zero-order chi connectivity index (χ0) is 18.6. The maximum atomic E-state index is 13.4. The number of hydrogen-bond donors (Lipinski definition) is 1. The summed E-state index contributed by atoms with van der Waals surface area (Å²) in [5.74, 6) is 1.25. The van der Waals surface area contributed by atoms with Crippen LogP contribution in [0.5, 0.6) is 0 Å². The highest BCUT2D eigenvalue weighted by Crippen LogP contribution is 2.64. The molecule has 1 N–H and O–H groups in total. The summed E-state index contributed by atoms with van der Waals surface area (Å²) in [6.07, 6.45) is 9.58. The second-order valence-electron chi connectivity index (χ2n) is 8.90. The van der Waals surface area contributed by atoms with Crippen molar-refractivity contribution in [1.29, 1.82) is 0 Å². The number of anilines is 1. The second kappa shape index (κ2) is 5.75. The molecular formula is C21H24N4O2. The van der Waals surface area contributed by atoms with Crippen LogP contribution in [0.25, 0.3) is 0 Å². The molecule has 1 amide bonds. The molecule has 4 fully saturated rings. The number of ketones is 1. The Morgan fingerprint density at radius 3 is 2.63 bits per heavy atom. The van der Waals surface area contributed by atoms with Gasteiger partial charge in [0.15, 0.2) is 5.78 Å². The number of aromatic nitrogens is 3. The third-order valence-electron chi connectivity index (χ3n) is 6.94. The molecule has 6 nitrogen and oxygen atoms in total. The summed E-state index contributed by atoms with van der Waals surface area (Å²) in [7, 11) is 0. The van der Waals surface area contributed by atoms with Gasteiger partial charge in [-0.2, -0.15) is 5.10 Å². The summed E-state index contributed by atoms with van der Waals surface area (Å²) in [6, 6.07) is 7.23. The van der Waals surface area contributed by atoms with E-state index in [1.54, 1.807) is 25.4 Å². The highest BCUT2D eigenvalue weighted by molar-refractivity contribution is 5.99. The Morgan fingerprint density at radius 2 is 1.96 bits per heavy atom. The highest BCUT2D eigenvalue weighted by Gasteiger charge is 2.61. The van der Waals surface area contributed by atoms with Crippen molar-refractivity contribution in [1.82, 2.24) is 14.8 Å². The summed E-state index contributed by atoms with van der Waals surface area (Å²) in [5.41, 5.74) is 0.914. The van der Waals surface area contributed by atoms with Crippen LogP contribution < -0.4 is 5.32 Å². The van der Waals surface area contributed by atoms with Crippen molar-refractivity contribution in [3.8, 4) is 0 Å². The number of carbonyl (C=O) groups is 2. The summed E-state index contributed by atoms with van der Waals surface area (Å²) < 4.78 is 2.02. The minimum Gasteiger partial charge on any atom is -0.326 e. The minimum absolute atomic E-state index is 0.00559. The maximum absolute atomic E-state index is 13.4. The van der Waals surface area contributed by atoms with Crippen molar-refractivity contribution in [3.63, 3.8) is 0 Å². The molecule has 6 rings (SSSR count). The number of Topliss-reactive ketones (excluding diaryl/α,β-unsaturated/α-hetero) is 1. The molecule has 4 bridgehead atoms. The van der Waals surface area contributed by atoms with Gasteiger partial charge in [-0.15, -0.1) is 0 Å². The quantitative estimate of drug-likeness (QED) is 0.844. The van der Waals surface area contributed by atoms with E-state index < -0.39 is 0 Å². The lowest BCUT2D eigenvalue weighted by Crippen LogP contribution is -2.60. The van der Waals surface area contributed by atoms with Crippen LogP contribution in [0.3, 0.4) is 0 Å². The first-order chi connectivity index (χ1) is 13.0. The Bertz CT molecular complexity index is 891. The van der Waals surface area contributed by atoms with Gasteiger partial charge >= 0.3 is 0 Å². The maximum Gasteiger partial charge on any atom is 0.230 e. The van der Waals surface area contributed by atoms with Crippen molar-refractivity contribution < 1.29 is 9.59 Å². The molecule has 0 radical (unpaired) electrons. The fraction of sp³-hybridized carbons (Fsp3) is 0.524. The summed E-state index contributed by atoms with van der Waals surface area (Å²) in [5, 5.41) is 7.57. The Morgan fingerprint density at radius 1 is 1.19 bits per heavy atom. The Labute approximate surface area is 158 Å². The molecule has 1 heterocycles. The number of carbonyl (C=O) groups excluding carboxylic acids is 2. The van der Waals surface area contributed by atoms with Gasteiger partial charge in [0.25, 0.3) is 0 Å². The van der Waals surface area contributed by atoms with Gasteiger partial charge < -0.3 is 5.32 Å². The van der Waals surface area contributed by atoms with Crippen LogP contribution in [-0.2, 0) is 10.3 Å². The van der Waals surface area contributed by atoms with Gasteiger partial charge in [-0.1, -0.05) is 12.1 Å².